The second-order valence-corrected chi connectivity index (χ2v) is 6.50. The maximum absolute atomic E-state index is 12.6. The van der Waals surface area contributed by atoms with Gasteiger partial charge in [0.05, 0.1) is 17.1 Å². The van der Waals surface area contributed by atoms with Crippen LogP contribution in [0.3, 0.4) is 0 Å². The fourth-order valence-electron chi connectivity index (χ4n) is 3.33. The van der Waals surface area contributed by atoms with E-state index < -0.39 is 0 Å². The summed E-state index contributed by atoms with van der Waals surface area (Å²) in [6.45, 7) is 3.89. The number of furan rings is 1. The Hall–Kier alpha value is -3.28. The van der Waals surface area contributed by atoms with Gasteiger partial charge < -0.3 is 14.7 Å². The summed E-state index contributed by atoms with van der Waals surface area (Å²) >= 11 is 0. The van der Waals surface area contributed by atoms with E-state index in [0.717, 1.165) is 27.8 Å². The average molecular weight is 349 g/mol. The van der Waals surface area contributed by atoms with Crippen molar-refractivity contribution in [3.05, 3.63) is 69.8 Å². The smallest absolute Gasteiger partial charge is 0.326 e. The predicted octanol–water partition coefficient (Wildman–Crippen LogP) is 3.41. The Morgan fingerprint density at radius 2 is 2.00 bits per heavy atom. The number of aromatic amines is 1. The highest BCUT2D eigenvalue weighted by molar-refractivity contribution is 5.97. The molecular formula is C20H19N3O3. The quantitative estimate of drug-likeness (QED) is 0.595. The summed E-state index contributed by atoms with van der Waals surface area (Å²) in [5.74, 6) is 0.526. The molecule has 0 fully saturated rings. The largest absolute Gasteiger partial charge is 0.459 e. The highest BCUT2D eigenvalue weighted by Crippen LogP contribution is 2.29. The lowest BCUT2D eigenvalue weighted by Crippen LogP contribution is -2.26. The van der Waals surface area contributed by atoms with Crippen molar-refractivity contribution in [2.24, 2.45) is 7.05 Å². The molecule has 0 spiro atoms. The number of aromatic nitrogens is 2. The molecule has 1 unspecified atom stereocenters. The van der Waals surface area contributed by atoms with Crippen LogP contribution in [0, 0.1) is 6.92 Å². The van der Waals surface area contributed by atoms with Crippen molar-refractivity contribution in [3.63, 3.8) is 0 Å². The van der Waals surface area contributed by atoms with Crippen LogP contribution in [-0.2, 0) is 7.05 Å². The molecule has 2 aromatic carbocycles. The van der Waals surface area contributed by atoms with Crippen LogP contribution in [0.25, 0.3) is 22.0 Å². The monoisotopic (exact) mass is 349 g/mol. The van der Waals surface area contributed by atoms with E-state index in [-0.39, 0.29) is 17.6 Å². The van der Waals surface area contributed by atoms with Gasteiger partial charge in [-0.25, -0.2) is 4.79 Å². The van der Waals surface area contributed by atoms with E-state index in [2.05, 4.69) is 10.3 Å². The highest BCUT2D eigenvalue weighted by Gasteiger charge is 2.19. The van der Waals surface area contributed by atoms with E-state index in [1.807, 2.05) is 38.1 Å². The molecule has 6 heteroatoms. The molecule has 0 radical (unpaired) electrons. The van der Waals surface area contributed by atoms with Crippen molar-refractivity contribution in [1.29, 1.82) is 0 Å². The molecule has 0 bridgehead atoms. The van der Waals surface area contributed by atoms with Crippen LogP contribution >= 0.6 is 0 Å². The van der Waals surface area contributed by atoms with Gasteiger partial charge in [0.25, 0.3) is 5.91 Å². The molecule has 0 saturated heterocycles. The SMILES string of the molecule is Cc1c(C(C)NC(=O)c2ccc3c(c2)[nH]c(=O)n3C)oc2ccccc12. The van der Waals surface area contributed by atoms with E-state index in [4.69, 9.17) is 4.42 Å². The summed E-state index contributed by atoms with van der Waals surface area (Å²) in [6, 6.07) is 12.7. The van der Waals surface area contributed by atoms with Crippen molar-refractivity contribution in [3.8, 4) is 0 Å². The number of amides is 1. The van der Waals surface area contributed by atoms with Crippen LogP contribution in [0.2, 0.25) is 0 Å². The van der Waals surface area contributed by atoms with E-state index in [1.165, 1.54) is 4.57 Å². The number of imidazole rings is 1. The summed E-state index contributed by atoms with van der Waals surface area (Å²) in [4.78, 5) is 27.1. The van der Waals surface area contributed by atoms with Crippen molar-refractivity contribution >= 4 is 27.9 Å². The van der Waals surface area contributed by atoms with Gasteiger partial charge in [-0.2, -0.15) is 0 Å². The molecule has 26 heavy (non-hydrogen) atoms. The Labute approximate surface area is 149 Å². The first-order chi connectivity index (χ1) is 12.5. The van der Waals surface area contributed by atoms with Crippen LogP contribution < -0.4 is 11.0 Å². The standard InChI is InChI=1S/C20H19N3O3/c1-11-14-6-4-5-7-17(14)26-18(11)12(2)21-19(24)13-8-9-16-15(10-13)22-20(25)23(16)3/h4-10,12H,1-3H3,(H,21,24)(H,22,25). The normalized spacial score (nSPS) is 12.6. The molecule has 2 N–H and O–H groups in total. The summed E-state index contributed by atoms with van der Waals surface area (Å²) in [6.07, 6.45) is 0. The van der Waals surface area contributed by atoms with Crippen LogP contribution in [0.5, 0.6) is 0 Å². The van der Waals surface area contributed by atoms with Gasteiger partial charge in [0.15, 0.2) is 0 Å². The van der Waals surface area contributed by atoms with Crippen molar-refractivity contribution in [1.82, 2.24) is 14.9 Å². The maximum atomic E-state index is 12.6. The van der Waals surface area contributed by atoms with Gasteiger partial charge in [0.2, 0.25) is 0 Å². The van der Waals surface area contributed by atoms with Gasteiger partial charge in [-0.1, -0.05) is 18.2 Å². The Balaban J connectivity index is 1.62. The molecule has 6 nitrogen and oxygen atoms in total. The first kappa shape index (κ1) is 16.2. The fourth-order valence-corrected chi connectivity index (χ4v) is 3.33. The second-order valence-electron chi connectivity index (χ2n) is 6.50. The number of nitrogens with zero attached hydrogens (tertiary/aromatic N) is 1. The molecule has 2 aromatic heterocycles. The minimum atomic E-state index is -0.277. The lowest BCUT2D eigenvalue weighted by Gasteiger charge is -2.12. The van der Waals surface area contributed by atoms with E-state index in [0.29, 0.717) is 11.1 Å². The third-order valence-corrected chi connectivity index (χ3v) is 4.79. The first-order valence-corrected chi connectivity index (χ1v) is 8.43. The Morgan fingerprint density at radius 1 is 1.23 bits per heavy atom. The number of nitrogens with one attached hydrogen (secondary N) is 2. The zero-order valence-electron chi connectivity index (χ0n) is 14.8. The number of hydrogen-bond donors (Lipinski definition) is 2. The highest BCUT2D eigenvalue weighted by atomic mass is 16.3. The number of aryl methyl sites for hydroxylation is 2. The predicted molar refractivity (Wildman–Crippen MR) is 100 cm³/mol. The number of H-pyrrole nitrogens is 1. The molecule has 0 saturated carbocycles. The molecule has 2 heterocycles. The first-order valence-electron chi connectivity index (χ1n) is 8.43. The molecule has 0 aliphatic heterocycles. The van der Waals surface area contributed by atoms with Crippen LogP contribution in [0.15, 0.2) is 51.7 Å². The number of carbonyl (C=O) groups is 1. The minimum Gasteiger partial charge on any atom is -0.459 e. The zero-order chi connectivity index (χ0) is 18.4. The fraction of sp³-hybridized carbons (Fsp3) is 0.200. The molecule has 0 aliphatic rings. The van der Waals surface area contributed by atoms with E-state index in [1.54, 1.807) is 25.2 Å². The summed E-state index contributed by atoms with van der Waals surface area (Å²) in [7, 11) is 1.69. The number of carbonyl (C=O) groups excluding carboxylic acids is 1. The molecule has 4 rings (SSSR count). The van der Waals surface area contributed by atoms with Gasteiger partial charge in [0.1, 0.15) is 11.3 Å². The maximum Gasteiger partial charge on any atom is 0.326 e. The van der Waals surface area contributed by atoms with Gasteiger partial charge in [-0.15, -0.1) is 0 Å². The molecular weight excluding hydrogens is 330 g/mol. The summed E-state index contributed by atoms with van der Waals surface area (Å²) < 4.78 is 7.43. The molecule has 0 aliphatic carbocycles. The van der Waals surface area contributed by atoms with Gasteiger partial charge in [-0.3, -0.25) is 9.36 Å². The van der Waals surface area contributed by atoms with Gasteiger partial charge in [0, 0.05) is 23.6 Å². The van der Waals surface area contributed by atoms with Crippen LogP contribution in [0.4, 0.5) is 0 Å². The van der Waals surface area contributed by atoms with E-state index >= 15 is 0 Å². The summed E-state index contributed by atoms with van der Waals surface area (Å²) in [5.41, 5.74) is 3.51. The summed E-state index contributed by atoms with van der Waals surface area (Å²) in [5, 5.41) is 4.02. The lowest BCUT2D eigenvalue weighted by molar-refractivity contribution is 0.0935. The van der Waals surface area contributed by atoms with Crippen LogP contribution in [0.1, 0.15) is 34.6 Å². The van der Waals surface area contributed by atoms with Crippen molar-refractivity contribution in [2.75, 3.05) is 0 Å². The van der Waals surface area contributed by atoms with Crippen molar-refractivity contribution < 1.29 is 9.21 Å². The number of fused-ring (bicyclic) bond motifs is 2. The Morgan fingerprint density at radius 3 is 2.77 bits per heavy atom. The topological polar surface area (TPSA) is 80.0 Å². The third-order valence-electron chi connectivity index (χ3n) is 4.79. The molecule has 4 aromatic rings. The number of para-hydroxylation sites is 1. The van der Waals surface area contributed by atoms with E-state index in [9.17, 15) is 9.59 Å². The third kappa shape index (κ3) is 2.50. The Bertz CT molecular complexity index is 1200. The Kier molecular flexibility index (Phi) is 3.68. The average Bonchev–Trinajstić information content (AvgIpc) is 3.12. The van der Waals surface area contributed by atoms with Gasteiger partial charge in [-0.05, 0) is 38.1 Å². The zero-order valence-corrected chi connectivity index (χ0v) is 14.8. The molecule has 1 atom stereocenters. The number of benzene rings is 2. The number of rotatable bonds is 3. The van der Waals surface area contributed by atoms with Crippen LogP contribution in [-0.4, -0.2) is 15.5 Å². The van der Waals surface area contributed by atoms with Crippen molar-refractivity contribution in [2.45, 2.75) is 19.9 Å². The lowest BCUT2D eigenvalue weighted by atomic mass is 10.1. The second kappa shape index (κ2) is 5.91. The molecule has 132 valence electrons. The molecule has 1 amide bonds. The van der Waals surface area contributed by atoms with Gasteiger partial charge >= 0.3 is 5.69 Å². The minimum absolute atomic E-state index is 0.205. The number of hydrogen-bond acceptors (Lipinski definition) is 3.